The van der Waals surface area contributed by atoms with Crippen molar-refractivity contribution in [3.8, 4) is 5.75 Å². The van der Waals surface area contributed by atoms with Crippen LogP contribution in [-0.2, 0) is 0 Å². The second-order valence-corrected chi connectivity index (χ2v) is 5.30. The van der Waals surface area contributed by atoms with E-state index >= 15 is 0 Å². The van der Waals surface area contributed by atoms with Crippen LogP contribution in [0.15, 0.2) is 52.0 Å². The van der Waals surface area contributed by atoms with Crippen molar-refractivity contribution >= 4 is 28.1 Å². The zero-order valence-corrected chi connectivity index (χ0v) is 13.4. The Morgan fingerprint density at radius 3 is 2.42 bits per heavy atom. The Bertz CT molecular complexity index is 761. The lowest BCUT2D eigenvalue weighted by molar-refractivity contribution is -0.274. The molecule has 0 aromatic heterocycles. The summed E-state index contributed by atoms with van der Waals surface area (Å²) < 4.78 is 53.1. The van der Waals surface area contributed by atoms with Crippen molar-refractivity contribution in [2.75, 3.05) is 0 Å². The molecule has 9 heteroatoms. The molecular formula is C15H9BrF4N2O2. The Kier molecular flexibility index (Phi) is 5.55. The average Bonchev–Trinajstić information content (AvgIpc) is 2.50. The van der Waals surface area contributed by atoms with Crippen molar-refractivity contribution in [1.82, 2.24) is 5.43 Å². The normalized spacial score (nSPS) is 11.5. The minimum absolute atomic E-state index is 0.0990. The fourth-order valence-electron chi connectivity index (χ4n) is 1.63. The molecule has 1 amide bonds. The molecule has 0 radical (unpaired) electrons. The predicted octanol–water partition coefficient (Wildman–Crippen LogP) is 4.25. The quantitative estimate of drug-likeness (QED) is 0.470. The van der Waals surface area contributed by atoms with Crippen LogP contribution in [0, 0.1) is 5.82 Å². The summed E-state index contributed by atoms with van der Waals surface area (Å²) in [6.45, 7) is 0. The van der Waals surface area contributed by atoms with E-state index in [9.17, 15) is 22.4 Å². The number of carbonyl (C=O) groups excluding carboxylic acids is 1. The maximum atomic E-state index is 13.1. The smallest absolute Gasteiger partial charge is 0.406 e. The molecule has 1 N–H and O–H groups in total. The molecule has 4 nitrogen and oxygen atoms in total. The van der Waals surface area contributed by atoms with Gasteiger partial charge in [-0.25, -0.2) is 9.82 Å². The first-order valence-electron chi connectivity index (χ1n) is 6.39. The maximum Gasteiger partial charge on any atom is 0.573 e. The third-order valence-corrected chi connectivity index (χ3v) is 3.28. The minimum Gasteiger partial charge on any atom is -0.406 e. The molecule has 0 spiro atoms. The molecule has 0 fully saturated rings. The van der Waals surface area contributed by atoms with E-state index in [0.29, 0.717) is 5.56 Å². The topological polar surface area (TPSA) is 50.7 Å². The van der Waals surface area contributed by atoms with Crippen molar-refractivity contribution in [2.45, 2.75) is 6.36 Å². The number of halogens is 5. The van der Waals surface area contributed by atoms with Gasteiger partial charge in [-0.15, -0.1) is 13.2 Å². The first-order valence-corrected chi connectivity index (χ1v) is 7.18. The van der Waals surface area contributed by atoms with Crippen molar-refractivity contribution in [3.63, 3.8) is 0 Å². The number of hydrazone groups is 1. The van der Waals surface area contributed by atoms with Gasteiger partial charge >= 0.3 is 6.36 Å². The van der Waals surface area contributed by atoms with Gasteiger partial charge in [-0.3, -0.25) is 4.79 Å². The minimum atomic E-state index is -4.79. The number of benzene rings is 2. The maximum absolute atomic E-state index is 13.1. The van der Waals surface area contributed by atoms with Crippen molar-refractivity contribution in [1.29, 1.82) is 0 Å². The van der Waals surface area contributed by atoms with Crippen molar-refractivity contribution < 1.29 is 27.1 Å². The molecular weight excluding hydrogens is 396 g/mol. The van der Waals surface area contributed by atoms with Gasteiger partial charge < -0.3 is 4.74 Å². The number of carbonyl (C=O) groups is 1. The molecule has 0 heterocycles. The van der Waals surface area contributed by atoms with Crippen LogP contribution in [0.2, 0.25) is 0 Å². The molecule has 0 unspecified atom stereocenters. The summed E-state index contributed by atoms with van der Waals surface area (Å²) in [6, 6.07) is 8.52. The van der Waals surface area contributed by atoms with Gasteiger partial charge in [0.05, 0.1) is 10.7 Å². The van der Waals surface area contributed by atoms with E-state index in [-0.39, 0.29) is 10.0 Å². The molecule has 2 rings (SSSR count). The van der Waals surface area contributed by atoms with Gasteiger partial charge in [0.25, 0.3) is 5.91 Å². The Morgan fingerprint density at radius 1 is 1.17 bits per heavy atom. The number of amides is 1. The van der Waals surface area contributed by atoms with Crippen LogP contribution in [0.4, 0.5) is 17.6 Å². The summed E-state index contributed by atoms with van der Waals surface area (Å²) in [7, 11) is 0. The third-order valence-electron chi connectivity index (χ3n) is 2.67. The van der Waals surface area contributed by atoms with Gasteiger partial charge in [-0.05, 0) is 57.9 Å². The van der Waals surface area contributed by atoms with Crippen LogP contribution in [0.3, 0.4) is 0 Å². The van der Waals surface area contributed by atoms with Crippen LogP contribution in [0.1, 0.15) is 15.9 Å². The summed E-state index contributed by atoms with van der Waals surface area (Å²) in [6.07, 6.45) is -3.50. The number of ether oxygens (including phenoxy) is 1. The number of alkyl halides is 3. The molecule has 0 aliphatic heterocycles. The molecule has 0 atom stereocenters. The molecule has 0 aliphatic rings. The van der Waals surface area contributed by atoms with E-state index in [4.69, 9.17) is 0 Å². The number of nitrogens with zero attached hydrogens (tertiary/aromatic N) is 1. The van der Waals surface area contributed by atoms with E-state index in [1.807, 2.05) is 0 Å². The standard InChI is InChI=1S/C15H9BrF4N2O2/c16-12-7-9(1-6-13(12)17)8-21-22-14(23)10-2-4-11(5-3-10)24-15(18,19)20/h1-8H,(H,22,23)/b21-8+. The molecule has 0 saturated carbocycles. The zero-order valence-electron chi connectivity index (χ0n) is 11.8. The van der Waals surface area contributed by atoms with E-state index in [2.05, 4.69) is 31.2 Å². The second-order valence-electron chi connectivity index (χ2n) is 4.44. The lowest BCUT2D eigenvalue weighted by Gasteiger charge is -2.08. The second kappa shape index (κ2) is 7.43. The molecule has 0 saturated heterocycles. The largest absolute Gasteiger partial charge is 0.573 e. The Hall–Kier alpha value is -2.42. The molecule has 0 aliphatic carbocycles. The van der Waals surface area contributed by atoms with Crippen molar-refractivity contribution in [3.05, 3.63) is 63.9 Å². The lowest BCUT2D eigenvalue weighted by Crippen LogP contribution is -2.19. The van der Waals surface area contributed by atoms with Crippen molar-refractivity contribution in [2.24, 2.45) is 5.10 Å². The summed E-state index contributed by atoms with van der Waals surface area (Å²) in [5.74, 6) is -1.48. The Balaban J connectivity index is 1.97. The fourth-order valence-corrected chi connectivity index (χ4v) is 2.03. The number of nitrogens with one attached hydrogen (secondary N) is 1. The highest BCUT2D eigenvalue weighted by atomic mass is 79.9. The summed E-state index contributed by atoms with van der Waals surface area (Å²) in [5, 5.41) is 3.69. The molecule has 0 bridgehead atoms. The van der Waals surface area contributed by atoms with Gasteiger partial charge in [-0.1, -0.05) is 6.07 Å². The van der Waals surface area contributed by atoms with Gasteiger partial charge in [0.15, 0.2) is 0 Å². The lowest BCUT2D eigenvalue weighted by atomic mass is 10.2. The summed E-state index contributed by atoms with van der Waals surface area (Å²) in [5.41, 5.74) is 2.85. The van der Waals surface area contributed by atoms with Crippen LogP contribution in [0.5, 0.6) is 5.75 Å². The monoisotopic (exact) mass is 404 g/mol. The molecule has 24 heavy (non-hydrogen) atoms. The average molecular weight is 405 g/mol. The number of rotatable bonds is 4. The van der Waals surface area contributed by atoms with Crippen LogP contribution in [-0.4, -0.2) is 18.5 Å². The van der Waals surface area contributed by atoms with Gasteiger partial charge in [0.2, 0.25) is 0 Å². The Morgan fingerprint density at radius 2 is 1.83 bits per heavy atom. The van der Waals surface area contributed by atoms with Gasteiger partial charge in [0.1, 0.15) is 11.6 Å². The highest BCUT2D eigenvalue weighted by Crippen LogP contribution is 2.22. The highest BCUT2D eigenvalue weighted by Gasteiger charge is 2.31. The number of hydrogen-bond donors (Lipinski definition) is 1. The number of hydrogen-bond acceptors (Lipinski definition) is 3. The van der Waals surface area contributed by atoms with Gasteiger partial charge in [-0.2, -0.15) is 5.10 Å². The molecule has 2 aromatic carbocycles. The predicted molar refractivity (Wildman–Crippen MR) is 82.3 cm³/mol. The van der Waals surface area contributed by atoms with Crippen LogP contribution < -0.4 is 10.2 Å². The van der Waals surface area contributed by atoms with Gasteiger partial charge in [0, 0.05) is 5.56 Å². The summed E-state index contributed by atoms with van der Waals surface area (Å²) in [4.78, 5) is 11.8. The van der Waals surface area contributed by atoms with Crippen LogP contribution in [0.25, 0.3) is 0 Å². The van der Waals surface area contributed by atoms with E-state index in [0.717, 1.165) is 12.1 Å². The SMILES string of the molecule is O=C(N/N=C/c1ccc(F)c(Br)c1)c1ccc(OC(F)(F)F)cc1. The highest BCUT2D eigenvalue weighted by molar-refractivity contribution is 9.10. The van der Waals surface area contributed by atoms with E-state index in [1.54, 1.807) is 0 Å². The Labute approximate surface area is 142 Å². The zero-order chi connectivity index (χ0) is 17.7. The first-order chi connectivity index (χ1) is 11.2. The fraction of sp³-hybridized carbons (Fsp3) is 0.0667. The van der Waals surface area contributed by atoms with Crippen LogP contribution >= 0.6 is 15.9 Å². The molecule has 2 aromatic rings. The molecule has 126 valence electrons. The van der Waals surface area contributed by atoms with E-state index in [1.165, 1.54) is 36.5 Å². The third kappa shape index (κ3) is 5.34. The van der Waals surface area contributed by atoms with E-state index < -0.39 is 23.8 Å². The first kappa shape index (κ1) is 17.9. The summed E-state index contributed by atoms with van der Waals surface area (Å²) >= 11 is 3.02.